The van der Waals surface area contributed by atoms with E-state index in [9.17, 15) is 0 Å². The molecular formula is C20H34N4O2. The van der Waals surface area contributed by atoms with Gasteiger partial charge < -0.3 is 25.0 Å². The van der Waals surface area contributed by atoms with Crippen molar-refractivity contribution in [1.29, 1.82) is 0 Å². The lowest BCUT2D eigenvalue weighted by atomic mass is 10.1. The molecular weight excluding hydrogens is 328 g/mol. The maximum Gasteiger partial charge on any atom is 0.191 e. The van der Waals surface area contributed by atoms with Crippen LogP contribution in [0.5, 0.6) is 0 Å². The normalized spacial score (nSPS) is 17.7. The molecule has 6 heteroatoms. The van der Waals surface area contributed by atoms with Gasteiger partial charge in [0.2, 0.25) is 0 Å². The van der Waals surface area contributed by atoms with E-state index in [0.29, 0.717) is 5.92 Å². The van der Waals surface area contributed by atoms with Gasteiger partial charge in [0.25, 0.3) is 0 Å². The maximum atomic E-state index is 5.73. The molecule has 0 saturated carbocycles. The third-order valence-corrected chi connectivity index (χ3v) is 4.41. The first kappa shape index (κ1) is 20.7. The van der Waals surface area contributed by atoms with Gasteiger partial charge in [0.15, 0.2) is 5.96 Å². The van der Waals surface area contributed by atoms with Crippen molar-refractivity contribution >= 4 is 5.96 Å². The van der Waals surface area contributed by atoms with E-state index >= 15 is 0 Å². The van der Waals surface area contributed by atoms with Crippen molar-refractivity contribution in [3.05, 3.63) is 35.4 Å². The number of rotatable bonds is 10. The highest BCUT2D eigenvalue weighted by molar-refractivity contribution is 5.79. The van der Waals surface area contributed by atoms with Crippen LogP contribution in [0.25, 0.3) is 0 Å². The summed E-state index contributed by atoms with van der Waals surface area (Å²) in [5.74, 6) is 1.41. The van der Waals surface area contributed by atoms with Crippen molar-refractivity contribution in [3.8, 4) is 0 Å². The van der Waals surface area contributed by atoms with Gasteiger partial charge in [-0.25, -0.2) is 0 Å². The molecule has 2 N–H and O–H groups in total. The molecule has 0 amide bonds. The van der Waals surface area contributed by atoms with Crippen molar-refractivity contribution < 1.29 is 9.47 Å². The molecule has 1 aromatic rings. The van der Waals surface area contributed by atoms with E-state index in [4.69, 9.17) is 9.47 Å². The first-order valence-electron chi connectivity index (χ1n) is 9.50. The molecule has 1 fully saturated rings. The van der Waals surface area contributed by atoms with Gasteiger partial charge in [0, 0.05) is 45.8 Å². The number of nitrogens with zero attached hydrogens (tertiary/aromatic N) is 2. The second-order valence-electron chi connectivity index (χ2n) is 7.02. The average molecular weight is 363 g/mol. The first-order valence-corrected chi connectivity index (χ1v) is 9.50. The summed E-state index contributed by atoms with van der Waals surface area (Å²) in [6.45, 7) is 5.87. The number of guanidine groups is 1. The van der Waals surface area contributed by atoms with Crippen LogP contribution in [-0.4, -0.2) is 65.0 Å². The van der Waals surface area contributed by atoms with E-state index in [1.54, 1.807) is 7.05 Å². The predicted octanol–water partition coefficient (Wildman–Crippen LogP) is 1.86. The Labute approximate surface area is 158 Å². The van der Waals surface area contributed by atoms with Gasteiger partial charge in [-0.1, -0.05) is 24.3 Å². The number of nitrogens with one attached hydrogen (secondary N) is 2. The Bertz CT molecular complexity index is 542. The number of aliphatic imine (C=N–C) groups is 1. The van der Waals surface area contributed by atoms with Gasteiger partial charge >= 0.3 is 0 Å². The molecule has 6 nitrogen and oxygen atoms in total. The van der Waals surface area contributed by atoms with Crippen LogP contribution in [0.1, 0.15) is 24.0 Å². The molecule has 0 aliphatic carbocycles. The fourth-order valence-corrected chi connectivity index (χ4v) is 2.97. The molecule has 0 radical (unpaired) electrons. The van der Waals surface area contributed by atoms with Crippen LogP contribution in [0, 0.1) is 5.92 Å². The minimum atomic E-state index is 0.583. The van der Waals surface area contributed by atoms with Crippen LogP contribution in [-0.2, 0) is 22.6 Å². The lowest BCUT2D eigenvalue weighted by Crippen LogP contribution is -2.37. The smallest absolute Gasteiger partial charge is 0.191 e. The summed E-state index contributed by atoms with van der Waals surface area (Å²) in [5, 5.41) is 6.75. The lowest BCUT2D eigenvalue weighted by molar-refractivity contribution is 0.0888. The highest BCUT2D eigenvalue weighted by Crippen LogP contribution is 2.12. The zero-order valence-electron chi connectivity index (χ0n) is 16.5. The van der Waals surface area contributed by atoms with Crippen molar-refractivity contribution in [3.63, 3.8) is 0 Å². The van der Waals surface area contributed by atoms with Gasteiger partial charge in [0.1, 0.15) is 0 Å². The van der Waals surface area contributed by atoms with Crippen molar-refractivity contribution in [2.45, 2.75) is 25.9 Å². The van der Waals surface area contributed by atoms with E-state index in [0.717, 1.165) is 64.9 Å². The van der Waals surface area contributed by atoms with Crippen molar-refractivity contribution in [2.75, 3.05) is 54.1 Å². The Hall–Kier alpha value is -1.63. The third-order valence-electron chi connectivity index (χ3n) is 4.41. The maximum absolute atomic E-state index is 5.73. The Morgan fingerprint density at radius 2 is 2.08 bits per heavy atom. The highest BCUT2D eigenvalue weighted by Gasteiger charge is 2.15. The second-order valence-corrected chi connectivity index (χ2v) is 7.02. The SMILES string of the molecule is CN=C(NCCCOCC1CCOC1)NCc1ccccc1CN(C)C. The van der Waals surface area contributed by atoms with Crippen molar-refractivity contribution in [2.24, 2.45) is 10.9 Å². The van der Waals surface area contributed by atoms with E-state index in [-0.39, 0.29) is 0 Å². The summed E-state index contributed by atoms with van der Waals surface area (Å²) in [4.78, 5) is 6.49. The van der Waals surface area contributed by atoms with Gasteiger partial charge in [-0.15, -0.1) is 0 Å². The standard InChI is InChI=1S/C20H34N4O2/c1-21-20(22-10-6-11-25-15-17-9-12-26-16-17)23-13-18-7-4-5-8-19(18)14-24(2)3/h4-5,7-8,17H,6,9-16H2,1-3H3,(H2,21,22,23). The summed E-state index contributed by atoms with van der Waals surface area (Å²) < 4.78 is 11.1. The molecule has 146 valence electrons. The fraction of sp³-hybridized carbons (Fsp3) is 0.650. The Morgan fingerprint density at radius 1 is 1.27 bits per heavy atom. The molecule has 1 saturated heterocycles. The zero-order chi connectivity index (χ0) is 18.6. The van der Waals surface area contributed by atoms with Crippen LogP contribution in [0.3, 0.4) is 0 Å². The minimum absolute atomic E-state index is 0.583. The lowest BCUT2D eigenvalue weighted by Gasteiger charge is -2.16. The number of benzene rings is 1. The van der Waals surface area contributed by atoms with E-state index in [1.807, 2.05) is 0 Å². The molecule has 0 spiro atoms. The molecule has 0 bridgehead atoms. The summed E-state index contributed by atoms with van der Waals surface area (Å²) in [7, 11) is 5.98. The molecule has 26 heavy (non-hydrogen) atoms. The minimum Gasteiger partial charge on any atom is -0.381 e. The van der Waals surface area contributed by atoms with Gasteiger partial charge in [-0.05, 0) is 38.1 Å². The van der Waals surface area contributed by atoms with Gasteiger partial charge in [-0.3, -0.25) is 4.99 Å². The fourth-order valence-electron chi connectivity index (χ4n) is 2.97. The molecule has 2 rings (SSSR count). The van der Waals surface area contributed by atoms with Crippen LogP contribution in [0.4, 0.5) is 0 Å². The quantitative estimate of drug-likeness (QED) is 0.378. The molecule has 1 atom stereocenters. The van der Waals surface area contributed by atoms with E-state index in [2.05, 4.69) is 58.9 Å². The van der Waals surface area contributed by atoms with Crippen LogP contribution < -0.4 is 10.6 Å². The Kier molecular flexibility index (Phi) is 9.45. The number of hydrogen-bond donors (Lipinski definition) is 2. The van der Waals surface area contributed by atoms with Gasteiger partial charge in [0.05, 0.1) is 13.2 Å². The van der Waals surface area contributed by atoms with Crippen LogP contribution >= 0.6 is 0 Å². The van der Waals surface area contributed by atoms with E-state index < -0.39 is 0 Å². The number of ether oxygens (including phenoxy) is 2. The van der Waals surface area contributed by atoms with E-state index in [1.165, 1.54) is 11.1 Å². The summed E-state index contributed by atoms with van der Waals surface area (Å²) in [6.07, 6.45) is 2.09. The topological polar surface area (TPSA) is 58.1 Å². The molecule has 1 unspecified atom stereocenters. The summed E-state index contributed by atoms with van der Waals surface area (Å²) in [6, 6.07) is 8.52. The molecule has 1 aliphatic heterocycles. The summed E-state index contributed by atoms with van der Waals surface area (Å²) in [5.41, 5.74) is 2.64. The molecule has 1 aromatic carbocycles. The van der Waals surface area contributed by atoms with Crippen molar-refractivity contribution in [1.82, 2.24) is 15.5 Å². The Balaban J connectivity index is 1.63. The largest absolute Gasteiger partial charge is 0.381 e. The molecule has 1 heterocycles. The monoisotopic (exact) mass is 362 g/mol. The predicted molar refractivity (Wildman–Crippen MR) is 106 cm³/mol. The first-order chi connectivity index (χ1) is 12.7. The summed E-state index contributed by atoms with van der Waals surface area (Å²) >= 11 is 0. The van der Waals surface area contributed by atoms with Gasteiger partial charge in [-0.2, -0.15) is 0 Å². The third kappa shape index (κ3) is 7.72. The zero-order valence-corrected chi connectivity index (χ0v) is 16.5. The molecule has 1 aliphatic rings. The van der Waals surface area contributed by atoms with Crippen LogP contribution in [0.2, 0.25) is 0 Å². The average Bonchev–Trinajstić information content (AvgIpc) is 3.14. The highest BCUT2D eigenvalue weighted by atomic mass is 16.5. The molecule has 0 aromatic heterocycles. The second kappa shape index (κ2) is 11.9. The van der Waals surface area contributed by atoms with Crippen LogP contribution in [0.15, 0.2) is 29.3 Å². The number of hydrogen-bond acceptors (Lipinski definition) is 4. The Morgan fingerprint density at radius 3 is 2.77 bits per heavy atom.